The molecule has 9 heteroatoms. The van der Waals surface area contributed by atoms with Crippen LogP contribution >= 0.6 is 45.9 Å². The summed E-state index contributed by atoms with van der Waals surface area (Å²) in [6.07, 6.45) is 0. The number of amides is 1. The van der Waals surface area contributed by atoms with Gasteiger partial charge in [-0.05, 0) is 25.1 Å². The largest absolute Gasteiger partial charge is 0.465 e. The number of benzene rings is 1. The summed E-state index contributed by atoms with van der Waals surface area (Å²) in [5, 5.41) is 0. The Balaban J connectivity index is 2.09. The van der Waals surface area contributed by atoms with E-state index in [9.17, 15) is 9.59 Å². The number of carbonyl (C=O) groups is 2. The Bertz CT molecular complexity index is 1020. The molecule has 0 bridgehead atoms. The van der Waals surface area contributed by atoms with E-state index in [0.717, 1.165) is 21.6 Å². The van der Waals surface area contributed by atoms with E-state index in [4.69, 9.17) is 27.9 Å². The van der Waals surface area contributed by atoms with Crippen LogP contribution in [0.2, 0.25) is 8.67 Å². The Morgan fingerprint density at radius 2 is 2.00 bits per heavy atom. The number of hydrogen-bond acceptors (Lipinski definition) is 5. The standard InChI is InChI=1S/C16H12Cl2N2O3S2/c1-2-23-13(21)8-20-10-5-3-4-6-11(10)24-16(20)19-15(22)9-7-12(17)25-14(9)18/h3-7H,2,8H2,1H3. The molecule has 0 aliphatic carbocycles. The second kappa shape index (κ2) is 7.70. The lowest BCUT2D eigenvalue weighted by molar-refractivity contribution is -0.143. The van der Waals surface area contributed by atoms with Gasteiger partial charge in [-0.1, -0.05) is 46.7 Å². The van der Waals surface area contributed by atoms with Crippen LogP contribution in [0.1, 0.15) is 17.3 Å². The van der Waals surface area contributed by atoms with E-state index in [0.29, 0.717) is 9.14 Å². The highest BCUT2D eigenvalue weighted by molar-refractivity contribution is 7.20. The van der Waals surface area contributed by atoms with E-state index in [2.05, 4.69) is 4.99 Å². The summed E-state index contributed by atoms with van der Waals surface area (Å²) < 4.78 is 8.29. The molecule has 130 valence electrons. The van der Waals surface area contributed by atoms with Crippen molar-refractivity contribution in [2.24, 2.45) is 4.99 Å². The molecule has 2 aromatic heterocycles. The van der Waals surface area contributed by atoms with Gasteiger partial charge in [0.1, 0.15) is 10.9 Å². The summed E-state index contributed by atoms with van der Waals surface area (Å²) >= 11 is 14.3. The van der Waals surface area contributed by atoms with E-state index < -0.39 is 11.9 Å². The first-order chi connectivity index (χ1) is 12.0. The molecule has 0 fully saturated rings. The minimum absolute atomic E-state index is 0.0257. The number of aromatic nitrogens is 1. The van der Waals surface area contributed by atoms with E-state index in [1.165, 1.54) is 17.4 Å². The number of rotatable bonds is 4. The molecule has 0 radical (unpaired) electrons. The maximum atomic E-state index is 12.5. The molecule has 0 saturated carbocycles. The van der Waals surface area contributed by atoms with Gasteiger partial charge in [0.15, 0.2) is 4.80 Å². The molecule has 25 heavy (non-hydrogen) atoms. The topological polar surface area (TPSA) is 60.7 Å². The lowest BCUT2D eigenvalue weighted by atomic mass is 10.3. The number of esters is 1. The van der Waals surface area contributed by atoms with Crippen LogP contribution in [0.5, 0.6) is 0 Å². The zero-order valence-electron chi connectivity index (χ0n) is 13.0. The molecule has 0 aliphatic heterocycles. The van der Waals surface area contributed by atoms with Crippen LogP contribution in [0.15, 0.2) is 35.3 Å². The molecule has 3 aromatic rings. The van der Waals surface area contributed by atoms with Crippen molar-refractivity contribution in [3.8, 4) is 0 Å². The number of thiophene rings is 1. The normalized spacial score (nSPS) is 11.9. The Morgan fingerprint density at radius 1 is 1.24 bits per heavy atom. The summed E-state index contributed by atoms with van der Waals surface area (Å²) in [6.45, 7) is 2.00. The van der Waals surface area contributed by atoms with Crippen LogP contribution in [-0.4, -0.2) is 23.1 Å². The number of nitrogens with zero attached hydrogens (tertiary/aromatic N) is 2. The van der Waals surface area contributed by atoms with E-state index in [1.807, 2.05) is 24.3 Å². The van der Waals surface area contributed by atoms with Crippen LogP contribution in [-0.2, 0) is 16.1 Å². The zero-order chi connectivity index (χ0) is 18.0. The maximum absolute atomic E-state index is 12.5. The third-order valence-electron chi connectivity index (χ3n) is 3.27. The molecule has 2 heterocycles. The van der Waals surface area contributed by atoms with Crippen LogP contribution in [0.4, 0.5) is 0 Å². The molecule has 0 atom stereocenters. The molecular weight excluding hydrogens is 403 g/mol. The lowest BCUT2D eigenvalue weighted by Crippen LogP contribution is -2.23. The van der Waals surface area contributed by atoms with E-state index in [-0.39, 0.29) is 23.1 Å². The first kappa shape index (κ1) is 18.1. The second-order valence-electron chi connectivity index (χ2n) is 4.90. The van der Waals surface area contributed by atoms with Crippen molar-refractivity contribution >= 4 is 68.0 Å². The molecule has 1 amide bonds. The average molecular weight is 415 g/mol. The minimum Gasteiger partial charge on any atom is -0.465 e. The first-order valence-corrected chi connectivity index (χ1v) is 9.66. The van der Waals surface area contributed by atoms with Crippen molar-refractivity contribution < 1.29 is 14.3 Å². The van der Waals surface area contributed by atoms with Crippen molar-refractivity contribution in [2.75, 3.05) is 6.61 Å². The number of fused-ring (bicyclic) bond motifs is 1. The van der Waals surface area contributed by atoms with Gasteiger partial charge in [0.2, 0.25) is 0 Å². The highest BCUT2D eigenvalue weighted by atomic mass is 35.5. The Morgan fingerprint density at radius 3 is 2.68 bits per heavy atom. The second-order valence-corrected chi connectivity index (χ2v) is 8.19. The summed E-state index contributed by atoms with van der Waals surface area (Å²) in [5.41, 5.74) is 1.05. The van der Waals surface area contributed by atoms with Crippen molar-refractivity contribution in [2.45, 2.75) is 13.5 Å². The number of hydrogen-bond donors (Lipinski definition) is 0. The Labute approximate surface area is 161 Å². The highest BCUT2D eigenvalue weighted by Crippen LogP contribution is 2.31. The fraction of sp³-hybridized carbons (Fsp3) is 0.188. The molecule has 0 unspecified atom stereocenters. The molecule has 1 aromatic carbocycles. The predicted molar refractivity (Wildman–Crippen MR) is 101 cm³/mol. The molecule has 5 nitrogen and oxygen atoms in total. The highest BCUT2D eigenvalue weighted by Gasteiger charge is 2.16. The quantitative estimate of drug-likeness (QED) is 0.595. The van der Waals surface area contributed by atoms with Crippen LogP contribution in [0.3, 0.4) is 0 Å². The van der Waals surface area contributed by atoms with Gasteiger partial charge >= 0.3 is 5.97 Å². The van der Waals surface area contributed by atoms with Crippen molar-refractivity contribution in [1.29, 1.82) is 0 Å². The molecule has 0 saturated heterocycles. The van der Waals surface area contributed by atoms with Gasteiger partial charge in [0.25, 0.3) is 5.91 Å². The molecular formula is C16H12Cl2N2O3S2. The van der Waals surface area contributed by atoms with Gasteiger partial charge in [-0.3, -0.25) is 9.59 Å². The number of para-hydroxylation sites is 1. The molecule has 3 rings (SSSR count). The Kier molecular flexibility index (Phi) is 5.58. The van der Waals surface area contributed by atoms with Gasteiger partial charge in [-0.2, -0.15) is 4.99 Å². The monoisotopic (exact) mass is 414 g/mol. The van der Waals surface area contributed by atoms with Crippen molar-refractivity contribution in [1.82, 2.24) is 4.57 Å². The van der Waals surface area contributed by atoms with Crippen molar-refractivity contribution in [3.05, 3.63) is 49.4 Å². The SMILES string of the molecule is CCOC(=O)Cn1c(=NC(=O)c2cc(Cl)sc2Cl)sc2ccccc21. The van der Waals surface area contributed by atoms with Crippen LogP contribution < -0.4 is 4.80 Å². The summed E-state index contributed by atoms with van der Waals surface area (Å²) in [4.78, 5) is 28.9. The van der Waals surface area contributed by atoms with Crippen LogP contribution in [0, 0.1) is 0 Å². The third-order valence-corrected chi connectivity index (χ3v) is 5.81. The first-order valence-electron chi connectivity index (χ1n) is 7.27. The van der Waals surface area contributed by atoms with E-state index >= 15 is 0 Å². The average Bonchev–Trinajstić information content (AvgIpc) is 3.08. The summed E-state index contributed by atoms with van der Waals surface area (Å²) in [6, 6.07) is 9.00. The fourth-order valence-corrected chi connectivity index (χ4v) is 4.70. The molecule has 0 N–H and O–H groups in total. The van der Waals surface area contributed by atoms with Crippen molar-refractivity contribution in [3.63, 3.8) is 0 Å². The lowest BCUT2D eigenvalue weighted by Gasteiger charge is -2.04. The number of ether oxygens (including phenoxy) is 1. The minimum atomic E-state index is -0.502. The summed E-state index contributed by atoms with van der Waals surface area (Å²) in [5.74, 6) is -0.895. The number of carbonyl (C=O) groups excluding carboxylic acids is 2. The molecule has 0 aliphatic rings. The van der Waals surface area contributed by atoms with Gasteiger partial charge < -0.3 is 9.30 Å². The van der Waals surface area contributed by atoms with Gasteiger partial charge in [-0.25, -0.2) is 0 Å². The maximum Gasteiger partial charge on any atom is 0.326 e. The van der Waals surface area contributed by atoms with Gasteiger partial charge in [0, 0.05) is 0 Å². The molecule has 0 spiro atoms. The summed E-state index contributed by atoms with van der Waals surface area (Å²) in [7, 11) is 0. The third kappa shape index (κ3) is 3.95. The predicted octanol–water partition coefficient (Wildman–Crippen LogP) is 4.38. The Hall–Kier alpha value is -1.67. The van der Waals surface area contributed by atoms with Gasteiger partial charge in [0.05, 0.1) is 26.7 Å². The van der Waals surface area contributed by atoms with Crippen LogP contribution in [0.25, 0.3) is 10.2 Å². The van der Waals surface area contributed by atoms with Gasteiger partial charge in [-0.15, -0.1) is 11.3 Å². The zero-order valence-corrected chi connectivity index (χ0v) is 16.1. The van der Waals surface area contributed by atoms with E-state index in [1.54, 1.807) is 11.5 Å². The smallest absolute Gasteiger partial charge is 0.326 e. The number of thiazole rings is 1. The number of halogens is 2. The fourth-order valence-electron chi connectivity index (χ4n) is 2.23.